The summed E-state index contributed by atoms with van der Waals surface area (Å²) in [4.78, 5) is 16.1. The van der Waals surface area contributed by atoms with Crippen molar-refractivity contribution in [3.05, 3.63) is 23.7 Å². The number of carbonyl (C=O) groups is 1. The fourth-order valence-corrected chi connectivity index (χ4v) is 1.63. The Morgan fingerprint density at radius 1 is 1.41 bits per heavy atom. The monoisotopic (exact) mass is 418 g/mol. The Morgan fingerprint density at radius 2 is 2.18 bits per heavy atom. The van der Waals surface area contributed by atoms with Crippen molar-refractivity contribution in [3.63, 3.8) is 0 Å². The predicted molar refractivity (Wildman–Crippen MR) is 98.6 cm³/mol. The third-order valence-corrected chi connectivity index (χ3v) is 2.66. The predicted octanol–water partition coefficient (Wildman–Crippen LogP) is 1.51. The van der Waals surface area contributed by atoms with Crippen LogP contribution in [-0.2, 0) is 0 Å². The summed E-state index contributed by atoms with van der Waals surface area (Å²) in [5.41, 5.74) is 0.832. The first-order chi connectivity index (χ1) is 10.2. The van der Waals surface area contributed by atoms with Gasteiger partial charge >= 0.3 is 0 Å². The van der Waals surface area contributed by atoms with Crippen LogP contribution in [0.4, 0.5) is 0 Å². The van der Waals surface area contributed by atoms with Gasteiger partial charge in [0.15, 0.2) is 11.7 Å². The Kier molecular flexibility index (Phi) is 11.0. The number of aryl methyl sites for hydroxylation is 1. The number of guanidine groups is 1. The van der Waals surface area contributed by atoms with E-state index in [0.29, 0.717) is 31.4 Å². The number of halogens is 1. The number of hydrogen-bond donors (Lipinski definition) is 3. The van der Waals surface area contributed by atoms with Crippen molar-refractivity contribution in [3.8, 4) is 12.3 Å². The van der Waals surface area contributed by atoms with E-state index in [1.807, 2.05) is 13.8 Å². The van der Waals surface area contributed by atoms with Crippen molar-refractivity contribution in [1.82, 2.24) is 16.0 Å². The highest BCUT2D eigenvalue weighted by atomic mass is 127. The number of furan rings is 1. The fraction of sp³-hybridized carbons (Fsp3) is 0.467. The molecule has 0 spiro atoms. The van der Waals surface area contributed by atoms with E-state index in [9.17, 15) is 4.79 Å². The minimum Gasteiger partial charge on any atom is -0.459 e. The summed E-state index contributed by atoms with van der Waals surface area (Å²) in [6, 6.07) is 1.76. The van der Waals surface area contributed by atoms with Gasteiger partial charge in [0.25, 0.3) is 5.91 Å². The van der Waals surface area contributed by atoms with Crippen LogP contribution in [-0.4, -0.2) is 38.0 Å². The first-order valence-corrected chi connectivity index (χ1v) is 6.97. The minimum atomic E-state index is -0.196. The number of amides is 1. The van der Waals surface area contributed by atoms with Crippen molar-refractivity contribution >= 4 is 35.8 Å². The summed E-state index contributed by atoms with van der Waals surface area (Å²) in [6.45, 7) is 6.15. The molecule has 0 radical (unpaired) electrons. The molecule has 122 valence electrons. The lowest BCUT2D eigenvalue weighted by Crippen LogP contribution is -2.37. The number of aliphatic imine (C=N–C) groups is 1. The number of nitrogens with zero attached hydrogens (tertiary/aromatic N) is 1. The van der Waals surface area contributed by atoms with Crippen LogP contribution in [0.15, 0.2) is 21.7 Å². The molecule has 1 amide bonds. The number of terminal acetylenes is 1. The van der Waals surface area contributed by atoms with Crippen LogP contribution in [0.25, 0.3) is 0 Å². The molecule has 0 saturated carbocycles. The van der Waals surface area contributed by atoms with Crippen LogP contribution in [0, 0.1) is 19.3 Å². The number of hydrogen-bond acceptors (Lipinski definition) is 3. The molecule has 6 nitrogen and oxygen atoms in total. The number of rotatable bonds is 7. The Morgan fingerprint density at radius 3 is 2.77 bits per heavy atom. The summed E-state index contributed by atoms with van der Waals surface area (Å²) >= 11 is 0. The smallest absolute Gasteiger partial charge is 0.287 e. The summed E-state index contributed by atoms with van der Waals surface area (Å²) in [5, 5.41) is 8.89. The van der Waals surface area contributed by atoms with Gasteiger partial charge in [0.05, 0.1) is 12.8 Å². The molecule has 0 bridgehead atoms. The van der Waals surface area contributed by atoms with E-state index in [1.54, 1.807) is 6.07 Å². The molecule has 1 aromatic rings. The number of nitrogens with one attached hydrogen (secondary N) is 3. The summed E-state index contributed by atoms with van der Waals surface area (Å²) in [7, 11) is 0. The van der Waals surface area contributed by atoms with Gasteiger partial charge in [-0.3, -0.25) is 9.79 Å². The second-order valence-corrected chi connectivity index (χ2v) is 4.36. The van der Waals surface area contributed by atoms with Crippen LogP contribution >= 0.6 is 24.0 Å². The lowest BCUT2D eigenvalue weighted by atomic mass is 10.2. The SMILES string of the molecule is C#CCNC(=NCCCNC(=O)c1occc1C)NCC.I. The normalized spacial score (nSPS) is 10.3. The van der Waals surface area contributed by atoms with Gasteiger partial charge in [-0.25, -0.2) is 0 Å². The van der Waals surface area contributed by atoms with Gasteiger partial charge in [0.2, 0.25) is 0 Å². The highest BCUT2D eigenvalue weighted by molar-refractivity contribution is 14.0. The maximum absolute atomic E-state index is 11.8. The van der Waals surface area contributed by atoms with E-state index in [4.69, 9.17) is 10.8 Å². The zero-order valence-electron chi connectivity index (χ0n) is 12.9. The molecule has 22 heavy (non-hydrogen) atoms. The Hall–Kier alpha value is -1.69. The lowest BCUT2D eigenvalue weighted by Gasteiger charge is -2.08. The molecule has 0 aliphatic rings. The molecular formula is C15H23IN4O2. The van der Waals surface area contributed by atoms with Gasteiger partial charge in [-0.1, -0.05) is 5.92 Å². The molecule has 0 fully saturated rings. The van der Waals surface area contributed by atoms with E-state index < -0.39 is 0 Å². The Bertz CT molecular complexity index is 520. The van der Waals surface area contributed by atoms with Crippen LogP contribution in [0.1, 0.15) is 29.5 Å². The van der Waals surface area contributed by atoms with Crippen LogP contribution in [0.3, 0.4) is 0 Å². The average Bonchev–Trinajstić information content (AvgIpc) is 2.90. The zero-order chi connectivity index (χ0) is 15.5. The van der Waals surface area contributed by atoms with Crippen LogP contribution in [0.2, 0.25) is 0 Å². The summed E-state index contributed by atoms with van der Waals surface area (Å²) < 4.78 is 5.12. The maximum Gasteiger partial charge on any atom is 0.287 e. The van der Waals surface area contributed by atoms with Gasteiger partial charge in [-0.05, 0) is 26.3 Å². The average molecular weight is 418 g/mol. The zero-order valence-corrected chi connectivity index (χ0v) is 15.3. The molecular weight excluding hydrogens is 395 g/mol. The molecule has 1 rings (SSSR count). The van der Waals surface area contributed by atoms with E-state index in [0.717, 1.165) is 18.5 Å². The van der Waals surface area contributed by atoms with Gasteiger partial charge in [0.1, 0.15) is 0 Å². The van der Waals surface area contributed by atoms with Crippen molar-refractivity contribution in [2.24, 2.45) is 4.99 Å². The number of carbonyl (C=O) groups excluding carboxylic acids is 1. The molecule has 0 atom stereocenters. The first kappa shape index (κ1) is 20.3. The third kappa shape index (κ3) is 7.36. The Labute approximate surface area is 148 Å². The second kappa shape index (κ2) is 11.9. The van der Waals surface area contributed by atoms with E-state index in [-0.39, 0.29) is 29.9 Å². The molecule has 0 aromatic carbocycles. The van der Waals surface area contributed by atoms with Gasteiger partial charge in [-0.2, -0.15) is 0 Å². The first-order valence-electron chi connectivity index (χ1n) is 6.97. The third-order valence-electron chi connectivity index (χ3n) is 2.66. The quantitative estimate of drug-likeness (QED) is 0.206. The van der Waals surface area contributed by atoms with Gasteiger partial charge in [0, 0.05) is 25.2 Å². The molecule has 0 aliphatic carbocycles. The summed E-state index contributed by atoms with van der Waals surface area (Å²) in [5.74, 6) is 3.35. The Balaban J connectivity index is 0.00000441. The highest BCUT2D eigenvalue weighted by Crippen LogP contribution is 2.07. The largest absolute Gasteiger partial charge is 0.459 e. The molecule has 0 saturated heterocycles. The summed E-state index contributed by atoms with van der Waals surface area (Å²) in [6.07, 6.45) is 7.43. The topological polar surface area (TPSA) is 78.7 Å². The van der Waals surface area contributed by atoms with Crippen LogP contribution in [0.5, 0.6) is 0 Å². The van der Waals surface area contributed by atoms with Crippen molar-refractivity contribution in [2.45, 2.75) is 20.3 Å². The van der Waals surface area contributed by atoms with Crippen LogP contribution < -0.4 is 16.0 Å². The molecule has 7 heteroatoms. The van der Waals surface area contributed by atoms with Crippen molar-refractivity contribution in [2.75, 3.05) is 26.2 Å². The van der Waals surface area contributed by atoms with E-state index >= 15 is 0 Å². The minimum absolute atomic E-state index is 0. The van der Waals surface area contributed by atoms with Gasteiger partial charge < -0.3 is 20.4 Å². The molecule has 0 unspecified atom stereocenters. The standard InChI is InChI=1S/C15H22N4O2.HI/c1-4-8-18-15(16-5-2)19-10-6-9-17-14(20)13-12(3)7-11-21-13;/h1,7,11H,5-6,8-10H2,2-3H3,(H,17,20)(H2,16,18,19);1H. The fourth-order valence-electron chi connectivity index (χ4n) is 1.63. The lowest BCUT2D eigenvalue weighted by molar-refractivity contribution is 0.0925. The van der Waals surface area contributed by atoms with Crippen molar-refractivity contribution < 1.29 is 9.21 Å². The van der Waals surface area contributed by atoms with E-state index in [1.165, 1.54) is 6.26 Å². The molecule has 1 heterocycles. The van der Waals surface area contributed by atoms with Crippen molar-refractivity contribution in [1.29, 1.82) is 0 Å². The molecule has 1 aromatic heterocycles. The highest BCUT2D eigenvalue weighted by Gasteiger charge is 2.11. The second-order valence-electron chi connectivity index (χ2n) is 4.36. The maximum atomic E-state index is 11.8. The van der Waals surface area contributed by atoms with Gasteiger partial charge in [-0.15, -0.1) is 30.4 Å². The molecule has 3 N–H and O–H groups in total. The molecule has 0 aliphatic heterocycles. The van der Waals surface area contributed by atoms with E-state index in [2.05, 4.69) is 26.9 Å².